The van der Waals surface area contributed by atoms with Crippen molar-refractivity contribution in [3.8, 4) is 0 Å². The number of aromatic nitrogens is 2. The molecule has 0 saturated carbocycles. The molecule has 15 heavy (non-hydrogen) atoms. The van der Waals surface area contributed by atoms with Gasteiger partial charge in [-0.2, -0.15) is 0 Å². The van der Waals surface area contributed by atoms with Gasteiger partial charge in [0.05, 0.1) is 6.54 Å². The molecule has 0 spiro atoms. The quantitative estimate of drug-likeness (QED) is 0.799. The smallest absolute Gasteiger partial charge is 0.130 e. The Balaban J connectivity index is 2.90. The molecule has 0 aliphatic heterocycles. The van der Waals surface area contributed by atoms with Crippen LogP contribution in [0, 0.1) is 10.6 Å². The van der Waals surface area contributed by atoms with Crippen LogP contribution in [0.25, 0.3) is 0 Å². The van der Waals surface area contributed by atoms with Crippen LogP contribution in [-0.2, 0) is 13.0 Å². The summed E-state index contributed by atoms with van der Waals surface area (Å²) >= 11 is 5.14. The third-order valence-electron chi connectivity index (χ3n) is 1.94. The lowest BCUT2D eigenvalue weighted by Gasteiger charge is -2.11. The Kier molecular flexibility index (Phi) is 4.42. The number of nitrogens with one attached hydrogen (secondary N) is 1. The minimum absolute atomic E-state index is 0.630. The average Bonchev–Trinajstić information content (AvgIpc) is 1.98. The highest BCUT2D eigenvalue weighted by Crippen LogP contribution is 2.06. The van der Waals surface area contributed by atoms with Crippen molar-refractivity contribution in [2.24, 2.45) is 5.92 Å². The first-order valence-corrected chi connectivity index (χ1v) is 5.62. The van der Waals surface area contributed by atoms with Crippen molar-refractivity contribution in [1.82, 2.24) is 14.9 Å². The zero-order valence-corrected chi connectivity index (χ0v) is 10.7. The fourth-order valence-electron chi connectivity index (χ4n) is 1.49. The highest BCUT2D eigenvalue weighted by atomic mass is 32.1. The zero-order valence-electron chi connectivity index (χ0n) is 9.87. The molecule has 1 rings (SSSR count). The standard InChI is InChI=1S/C11H19N3S/c1-8(2)5-9-6-11(15)13-10(12-9)7-14(3)4/h6,8H,5,7H2,1-4H3,(H,12,13,15). The Morgan fingerprint density at radius 2 is 2.13 bits per heavy atom. The summed E-state index contributed by atoms with van der Waals surface area (Å²) < 4.78 is 0.682. The van der Waals surface area contributed by atoms with Gasteiger partial charge >= 0.3 is 0 Å². The summed E-state index contributed by atoms with van der Waals surface area (Å²) in [5.41, 5.74) is 1.18. The van der Waals surface area contributed by atoms with Gasteiger partial charge in [0.2, 0.25) is 0 Å². The van der Waals surface area contributed by atoms with Crippen molar-refractivity contribution < 1.29 is 0 Å². The first-order valence-electron chi connectivity index (χ1n) is 5.21. The molecule has 0 radical (unpaired) electrons. The lowest BCUT2D eigenvalue weighted by atomic mass is 10.1. The Labute approximate surface area is 96.5 Å². The molecule has 1 N–H and O–H groups in total. The highest BCUT2D eigenvalue weighted by molar-refractivity contribution is 7.71. The number of hydrogen-bond acceptors (Lipinski definition) is 3. The maximum absolute atomic E-state index is 5.14. The molecule has 0 saturated heterocycles. The fourth-order valence-corrected chi connectivity index (χ4v) is 1.74. The summed E-state index contributed by atoms with van der Waals surface area (Å²) in [4.78, 5) is 9.70. The van der Waals surface area contributed by atoms with Crippen molar-refractivity contribution in [3.05, 3.63) is 22.2 Å². The third-order valence-corrected chi connectivity index (χ3v) is 2.15. The molecule has 0 bridgehead atoms. The van der Waals surface area contributed by atoms with E-state index >= 15 is 0 Å². The SMILES string of the molecule is CC(C)Cc1cc(=S)nc(CN(C)C)[nH]1. The van der Waals surface area contributed by atoms with E-state index in [1.165, 1.54) is 5.69 Å². The zero-order chi connectivity index (χ0) is 11.4. The van der Waals surface area contributed by atoms with Gasteiger partial charge in [0.15, 0.2) is 0 Å². The topological polar surface area (TPSA) is 31.9 Å². The molecule has 1 heterocycles. The van der Waals surface area contributed by atoms with E-state index in [1.807, 2.05) is 20.2 Å². The van der Waals surface area contributed by atoms with E-state index in [4.69, 9.17) is 12.2 Å². The van der Waals surface area contributed by atoms with Crippen LogP contribution in [-0.4, -0.2) is 29.0 Å². The van der Waals surface area contributed by atoms with Gasteiger partial charge in [0, 0.05) is 5.69 Å². The van der Waals surface area contributed by atoms with E-state index in [2.05, 4.69) is 28.7 Å². The average molecular weight is 225 g/mol. The fraction of sp³-hybridized carbons (Fsp3) is 0.636. The highest BCUT2D eigenvalue weighted by Gasteiger charge is 2.02. The van der Waals surface area contributed by atoms with Crippen LogP contribution in [0.2, 0.25) is 0 Å². The summed E-state index contributed by atoms with van der Waals surface area (Å²) in [6, 6.07) is 1.95. The van der Waals surface area contributed by atoms with E-state index < -0.39 is 0 Å². The molecular weight excluding hydrogens is 206 g/mol. The molecule has 0 amide bonds. The van der Waals surface area contributed by atoms with Crippen molar-refractivity contribution in [2.75, 3.05) is 14.1 Å². The lowest BCUT2D eigenvalue weighted by Crippen LogP contribution is -2.14. The van der Waals surface area contributed by atoms with E-state index in [1.54, 1.807) is 0 Å². The summed E-state index contributed by atoms with van der Waals surface area (Å²) in [5, 5.41) is 0. The summed E-state index contributed by atoms with van der Waals surface area (Å²) in [7, 11) is 4.04. The number of rotatable bonds is 4. The van der Waals surface area contributed by atoms with Crippen molar-refractivity contribution in [1.29, 1.82) is 0 Å². The predicted molar refractivity (Wildman–Crippen MR) is 65.4 cm³/mol. The predicted octanol–water partition coefficient (Wildman–Crippen LogP) is 2.40. The van der Waals surface area contributed by atoms with Gasteiger partial charge in [-0.25, -0.2) is 4.98 Å². The van der Waals surface area contributed by atoms with Crippen LogP contribution in [0.5, 0.6) is 0 Å². The molecule has 0 aromatic carbocycles. The molecule has 1 aromatic rings. The summed E-state index contributed by atoms with van der Waals surface area (Å²) in [6.07, 6.45) is 1.02. The Hall–Kier alpha value is -0.740. The molecule has 0 unspecified atom stereocenters. The van der Waals surface area contributed by atoms with Crippen LogP contribution in [0.1, 0.15) is 25.4 Å². The van der Waals surface area contributed by atoms with E-state index in [-0.39, 0.29) is 0 Å². The molecule has 0 fully saturated rings. The number of aromatic amines is 1. The Morgan fingerprint density at radius 1 is 1.47 bits per heavy atom. The molecule has 0 aliphatic carbocycles. The van der Waals surface area contributed by atoms with E-state index in [9.17, 15) is 0 Å². The lowest BCUT2D eigenvalue weighted by molar-refractivity contribution is 0.389. The molecule has 1 aromatic heterocycles. The second-order valence-corrected chi connectivity index (χ2v) is 4.95. The minimum Gasteiger partial charge on any atom is -0.346 e. The van der Waals surface area contributed by atoms with E-state index in [0.29, 0.717) is 10.6 Å². The first kappa shape index (κ1) is 12.3. The van der Waals surface area contributed by atoms with E-state index in [0.717, 1.165) is 18.8 Å². The molecular formula is C11H19N3S. The maximum Gasteiger partial charge on any atom is 0.130 e. The Morgan fingerprint density at radius 3 is 2.67 bits per heavy atom. The van der Waals surface area contributed by atoms with Crippen LogP contribution in [0.3, 0.4) is 0 Å². The summed E-state index contributed by atoms with van der Waals surface area (Å²) in [6.45, 7) is 5.20. The number of nitrogens with zero attached hydrogens (tertiary/aromatic N) is 2. The molecule has 84 valence electrons. The van der Waals surface area contributed by atoms with Gasteiger partial charge in [0.25, 0.3) is 0 Å². The van der Waals surface area contributed by atoms with Crippen LogP contribution < -0.4 is 0 Å². The molecule has 0 aliphatic rings. The normalized spacial score (nSPS) is 11.3. The molecule has 3 nitrogen and oxygen atoms in total. The second-order valence-electron chi connectivity index (χ2n) is 4.53. The van der Waals surface area contributed by atoms with Crippen LogP contribution in [0.4, 0.5) is 0 Å². The number of hydrogen-bond donors (Lipinski definition) is 1. The van der Waals surface area contributed by atoms with Gasteiger partial charge in [-0.15, -0.1) is 0 Å². The van der Waals surface area contributed by atoms with Gasteiger partial charge in [-0.3, -0.25) is 0 Å². The van der Waals surface area contributed by atoms with Gasteiger partial charge in [0.1, 0.15) is 10.5 Å². The van der Waals surface area contributed by atoms with Crippen molar-refractivity contribution >= 4 is 12.2 Å². The molecule has 4 heteroatoms. The minimum atomic E-state index is 0.630. The van der Waals surface area contributed by atoms with Crippen molar-refractivity contribution in [2.45, 2.75) is 26.8 Å². The van der Waals surface area contributed by atoms with Crippen molar-refractivity contribution in [3.63, 3.8) is 0 Å². The van der Waals surface area contributed by atoms with Gasteiger partial charge < -0.3 is 9.88 Å². The first-order chi connectivity index (χ1) is 6.97. The Bertz CT molecular complexity index is 337. The van der Waals surface area contributed by atoms with Gasteiger partial charge in [-0.1, -0.05) is 26.1 Å². The summed E-state index contributed by atoms with van der Waals surface area (Å²) in [5.74, 6) is 1.58. The maximum atomic E-state index is 5.14. The molecule has 0 atom stereocenters. The van der Waals surface area contributed by atoms with Crippen LogP contribution >= 0.6 is 12.2 Å². The van der Waals surface area contributed by atoms with Gasteiger partial charge in [-0.05, 0) is 32.5 Å². The third kappa shape index (κ3) is 4.53. The van der Waals surface area contributed by atoms with Crippen LogP contribution in [0.15, 0.2) is 6.07 Å². The number of H-pyrrole nitrogens is 1. The largest absolute Gasteiger partial charge is 0.346 e. The monoisotopic (exact) mass is 225 g/mol. The second kappa shape index (κ2) is 5.37.